The van der Waals surface area contributed by atoms with Gasteiger partial charge in [0.25, 0.3) is 0 Å². The van der Waals surface area contributed by atoms with Crippen molar-refractivity contribution < 1.29 is 14.0 Å². The van der Waals surface area contributed by atoms with Gasteiger partial charge in [-0.15, -0.1) is 0 Å². The lowest BCUT2D eigenvalue weighted by Gasteiger charge is -2.33. The Morgan fingerprint density at radius 1 is 1.00 bits per heavy atom. The summed E-state index contributed by atoms with van der Waals surface area (Å²) in [5.41, 5.74) is 0.206. The molecule has 130 valence electrons. The summed E-state index contributed by atoms with van der Waals surface area (Å²) in [5.74, 6) is -0.569. The largest absolute Gasteiger partial charge is 0.352 e. The predicted octanol–water partition coefficient (Wildman–Crippen LogP) is 0.660. The zero-order chi connectivity index (χ0) is 16.9. The van der Waals surface area contributed by atoms with Gasteiger partial charge in [-0.1, -0.05) is 12.1 Å². The lowest BCUT2D eigenvalue weighted by molar-refractivity contribution is -0.123. The first-order chi connectivity index (χ1) is 11.6. The summed E-state index contributed by atoms with van der Waals surface area (Å²) in [4.78, 5) is 27.9. The number of benzene rings is 1. The first kappa shape index (κ1) is 16.9. The molecule has 0 spiro atoms. The number of amides is 2. The van der Waals surface area contributed by atoms with Crippen LogP contribution in [0, 0.1) is 5.82 Å². The SMILES string of the molecule is O=C(CN1CCN(CC(=O)NC2CC2)CC1)Nc1ccccc1F. The van der Waals surface area contributed by atoms with Crippen molar-refractivity contribution >= 4 is 17.5 Å². The van der Waals surface area contributed by atoms with Crippen LogP contribution in [0.25, 0.3) is 0 Å². The van der Waals surface area contributed by atoms with E-state index in [2.05, 4.69) is 15.5 Å². The molecule has 0 unspecified atom stereocenters. The van der Waals surface area contributed by atoms with Gasteiger partial charge in [-0.3, -0.25) is 19.4 Å². The molecule has 2 N–H and O–H groups in total. The van der Waals surface area contributed by atoms with Crippen molar-refractivity contribution in [1.29, 1.82) is 0 Å². The second-order valence-electron chi connectivity index (χ2n) is 6.42. The van der Waals surface area contributed by atoms with Gasteiger partial charge in [0.15, 0.2) is 0 Å². The smallest absolute Gasteiger partial charge is 0.238 e. The van der Waals surface area contributed by atoms with E-state index in [0.717, 1.165) is 39.0 Å². The molecule has 0 atom stereocenters. The van der Waals surface area contributed by atoms with Crippen LogP contribution in [-0.2, 0) is 9.59 Å². The molecule has 0 aromatic heterocycles. The number of anilines is 1. The topological polar surface area (TPSA) is 64.7 Å². The lowest BCUT2D eigenvalue weighted by atomic mass is 10.3. The third-order valence-electron chi connectivity index (χ3n) is 4.29. The monoisotopic (exact) mass is 334 g/mol. The van der Waals surface area contributed by atoms with Crippen LogP contribution in [0.1, 0.15) is 12.8 Å². The average molecular weight is 334 g/mol. The predicted molar refractivity (Wildman–Crippen MR) is 89.1 cm³/mol. The van der Waals surface area contributed by atoms with E-state index >= 15 is 0 Å². The zero-order valence-electron chi connectivity index (χ0n) is 13.6. The summed E-state index contributed by atoms with van der Waals surface area (Å²) < 4.78 is 13.5. The molecule has 1 aromatic carbocycles. The Kier molecular flexibility index (Phi) is 5.42. The molecule has 1 saturated carbocycles. The minimum atomic E-state index is -0.433. The average Bonchev–Trinajstić information content (AvgIpc) is 3.35. The number of nitrogens with one attached hydrogen (secondary N) is 2. The van der Waals surface area contributed by atoms with Crippen LogP contribution in [0.3, 0.4) is 0 Å². The molecule has 2 fully saturated rings. The number of rotatable bonds is 6. The Morgan fingerprint density at radius 2 is 1.58 bits per heavy atom. The number of piperazine rings is 1. The summed E-state index contributed by atoms with van der Waals surface area (Å²) in [5, 5.41) is 5.58. The number of para-hydroxylation sites is 1. The highest BCUT2D eigenvalue weighted by atomic mass is 19.1. The molecule has 0 radical (unpaired) electrons. The van der Waals surface area contributed by atoms with Gasteiger partial charge in [-0.05, 0) is 25.0 Å². The maximum atomic E-state index is 13.5. The van der Waals surface area contributed by atoms with Gasteiger partial charge >= 0.3 is 0 Å². The molecular formula is C17H23FN4O2. The van der Waals surface area contributed by atoms with Crippen LogP contribution >= 0.6 is 0 Å². The molecule has 7 heteroatoms. The van der Waals surface area contributed by atoms with Gasteiger partial charge in [-0.2, -0.15) is 0 Å². The molecule has 1 aromatic rings. The van der Waals surface area contributed by atoms with Crippen LogP contribution in [-0.4, -0.2) is 66.9 Å². The molecule has 1 saturated heterocycles. The van der Waals surface area contributed by atoms with Crippen molar-refractivity contribution in [1.82, 2.24) is 15.1 Å². The lowest BCUT2D eigenvalue weighted by Crippen LogP contribution is -2.51. The summed E-state index contributed by atoms with van der Waals surface area (Å²) in [7, 11) is 0. The second-order valence-corrected chi connectivity index (χ2v) is 6.42. The number of hydrogen-bond acceptors (Lipinski definition) is 4. The quantitative estimate of drug-likeness (QED) is 0.802. The van der Waals surface area contributed by atoms with E-state index in [4.69, 9.17) is 0 Å². The number of carbonyl (C=O) groups excluding carboxylic acids is 2. The highest BCUT2D eigenvalue weighted by molar-refractivity contribution is 5.92. The summed E-state index contributed by atoms with van der Waals surface area (Å²) in [6, 6.07) is 6.53. The van der Waals surface area contributed by atoms with Gasteiger partial charge in [0.2, 0.25) is 11.8 Å². The summed E-state index contributed by atoms with van der Waals surface area (Å²) in [6.45, 7) is 3.61. The first-order valence-corrected chi connectivity index (χ1v) is 8.38. The standard InChI is InChI=1S/C17H23FN4O2/c18-14-3-1-2-4-15(14)20-17(24)12-22-9-7-21(8-10-22)11-16(23)19-13-5-6-13/h1-4,13H,5-12H2,(H,19,23)(H,20,24). The molecule has 2 amide bonds. The van der Waals surface area contributed by atoms with Crippen LogP contribution in [0.2, 0.25) is 0 Å². The minimum absolute atomic E-state index is 0.0863. The van der Waals surface area contributed by atoms with Crippen LogP contribution in [0.5, 0.6) is 0 Å². The number of halogens is 1. The van der Waals surface area contributed by atoms with Gasteiger partial charge in [0.05, 0.1) is 18.8 Å². The van der Waals surface area contributed by atoms with Crippen LogP contribution < -0.4 is 10.6 Å². The molecule has 1 aliphatic carbocycles. The van der Waals surface area contributed by atoms with Gasteiger partial charge in [0, 0.05) is 32.2 Å². The maximum absolute atomic E-state index is 13.5. The maximum Gasteiger partial charge on any atom is 0.238 e. The van der Waals surface area contributed by atoms with Crippen molar-refractivity contribution in [3.05, 3.63) is 30.1 Å². The molecule has 2 aliphatic rings. The summed E-state index contributed by atoms with van der Waals surface area (Å²) >= 11 is 0. The van der Waals surface area contributed by atoms with Gasteiger partial charge in [0.1, 0.15) is 5.82 Å². The normalized spacial score (nSPS) is 19.0. The highest BCUT2D eigenvalue weighted by Crippen LogP contribution is 2.18. The third-order valence-corrected chi connectivity index (χ3v) is 4.29. The van der Waals surface area contributed by atoms with E-state index in [1.807, 2.05) is 4.90 Å². The fourth-order valence-electron chi connectivity index (χ4n) is 2.76. The molecule has 24 heavy (non-hydrogen) atoms. The third kappa shape index (κ3) is 5.01. The van der Waals surface area contributed by atoms with E-state index in [0.29, 0.717) is 12.6 Å². The number of carbonyl (C=O) groups is 2. The Balaban J connectivity index is 1.37. The van der Waals surface area contributed by atoms with Crippen LogP contribution in [0.15, 0.2) is 24.3 Å². The second kappa shape index (κ2) is 7.72. The minimum Gasteiger partial charge on any atom is -0.352 e. The Labute approximate surface area is 141 Å². The molecule has 6 nitrogen and oxygen atoms in total. The molecular weight excluding hydrogens is 311 g/mol. The fraction of sp³-hybridized carbons (Fsp3) is 0.529. The van der Waals surface area contributed by atoms with E-state index in [1.165, 1.54) is 6.07 Å². The van der Waals surface area contributed by atoms with Gasteiger partial charge < -0.3 is 10.6 Å². The van der Waals surface area contributed by atoms with E-state index < -0.39 is 5.82 Å². The summed E-state index contributed by atoms with van der Waals surface area (Å²) in [6.07, 6.45) is 2.19. The molecule has 1 aliphatic heterocycles. The van der Waals surface area contributed by atoms with Crippen molar-refractivity contribution in [2.45, 2.75) is 18.9 Å². The van der Waals surface area contributed by atoms with Crippen LogP contribution in [0.4, 0.5) is 10.1 Å². The zero-order valence-corrected chi connectivity index (χ0v) is 13.6. The molecule has 3 rings (SSSR count). The Bertz CT molecular complexity index is 598. The Hall–Kier alpha value is -1.99. The van der Waals surface area contributed by atoms with E-state index in [-0.39, 0.29) is 24.0 Å². The van der Waals surface area contributed by atoms with Gasteiger partial charge in [-0.25, -0.2) is 4.39 Å². The number of hydrogen-bond donors (Lipinski definition) is 2. The Morgan fingerprint density at radius 3 is 2.17 bits per heavy atom. The van der Waals surface area contributed by atoms with E-state index in [9.17, 15) is 14.0 Å². The molecule has 0 bridgehead atoms. The van der Waals surface area contributed by atoms with Crippen molar-refractivity contribution in [2.24, 2.45) is 0 Å². The van der Waals surface area contributed by atoms with Crippen molar-refractivity contribution in [3.63, 3.8) is 0 Å². The first-order valence-electron chi connectivity index (χ1n) is 8.38. The van der Waals surface area contributed by atoms with Crippen molar-refractivity contribution in [3.8, 4) is 0 Å². The highest BCUT2D eigenvalue weighted by Gasteiger charge is 2.25. The fourth-order valence-corrected chi connectivity index (χ4v) is 2.76. The molecule has 1 heterocycles. The number of nitrogens with zero attached hydrogens (tertiary/aromatic N) is 2. The van der Waals surface area contributed by atoms with E-state index in [1.54, 1.807) is 18.2 Å². The van der Waals surface area contributed by atoms with Crippen molar-refractivity contribution in [2.75, 3.05) is 44.6 Å².